The van der Waals surface area contributed by atoms with Crippen LogP contribution in [0.3, 0.4) is 0 Å². The number of nitriles is 2. The summed E-state index contributed by atoms with van der Waals surface area (Å²) in [7, 11) is 0. The summed E-state index contributed by atoms with van der Waals surface area (Å²) >= 11 is 0. The molecular formula is C10H3F2N3O3. The number of benzene rings is 1. The van der Waals surface area contributed by atoms with Crippen LogP contribution in [0.1, 0.15) is 10.4 Å². The number of carbonyl (C=O) groups is 1. The quantitative estimate of drug-likeness (QED) is 0.461. The molecule has 0 heterocycles. The van der Waals surface area contributed by atoms with Crippen molar-refractivity contribution >= 4 is 11.5 Å². The van der Waals surface area contributed by atoms with Crippen molar-refractivity contribution in [2.45, 2.75) is 0 Å². The van der Waals surface area contributed by atoms with Gasteiger partial charge < -0.3 is 0 Å². The van der Waals surface area contributed by atoms with Crippen molar-refractivity contribution < 1.29 is 18.5 Å². The van der Waals surface area contributed by atoms with E-state index in [1.807, 2.05) is 0 Å². The fourth-order valence-corrected chi connectivity index (χ4v) is 1.19. The Morgan fingerprint density at radius 1 is 1.28 bits per heavy atom. The average molecular weight is 251 g/mol. The smallest absolute Gasteiger partial charge is 0.283 e. The number of ketones is 1. The second-order valence-corrected chi connectivity index (χ2v) is 3.10. The number of carbonyl (C=O) groups excluding carboxylic acids is 1. The van der Waals surface area contributed by atoms with Crippen LogP contribution >= 0.6 is 0 Å². The standard InChI is InChI=1S/C10H3F2N3O3/c11-7-1-6(10(16)5(3-13)4-14)9(15(17)18)2-8(7)12/h1-2,5H. The first-order valence-corrected chi connectivity index (χ1v) is 4.39. The minimum Gasteiger partial charge on any atom is -0.291 e. The Hall–Kier alpha value is -2.87. The molecule has 0 aromatic heterocycles. The predicted molar refractivity (Wildman–Crippen MR) is 52.1 cm³/mol. The molecule has 0 atom stereocenters. The molecule has 0 aliphatic carbocycles. The first kappa shape index (κ1) is 13.2. The molecule has 0 radical (unpaired) electrons. The highest BCUT2D eigenvalue weighted by molar-refractivity contribution is 6.04. The maximum atomic E-state index is 12.9. The summed E-state index contributed by atoms with van der Waals surface area (Å²) in [6.07, 6.45) is 0. The zero-order chi connectivity index (χ0) is 13.9. The molecule has 0 bridgehead atoms. The molecule has 0 unspecified atom stereocenters. The van der Waals surface area contributed by atoms with Gasteiger partial charge in [0.1, 0.15) is 5.56 Å². The largest absolute Gasteiger partial charge is 0.291 e. The Bertz CT molecular complexity index is 602. The van der Waals surface area contributed by atoms with E-state index in [4.69, 9.17) is 10.5 Å². The van der Waals surface area contributed by atoms with Crippen LogP contribution in [0, 0.1) is 50.3 Å². The van der Waals surface area contributed by atoms with Crippen LogP contribution in [0.2, 0.25) is 0 Å². The molecule has 0 amide bonds. The van der Waals surface area contributed by atoms with E-state index in [1.165, 1.54) is 12.1 Å². The third-order valence-corrected chi connectivity index (χ3v) is 2.02. The van der Waals surface area contributed by atoms with Crippen molar-refractivity contribution in [3.63, 3.8) is 0 Å². The molecule has 0 fully saturated rings. The van der Waals surface area contributed by atoms with Gasteiger partial charge in [0.15, 0.2) is 17.6 Å². The average Bonchev–Trinajstić information content (AvgIpc) is 2.33. The lowest BCUT2D eigenvalue weighted by atomic mass is 9.98. The van der Waals surface area contributed by atoms with E-state index in [1.54, 1.807) is 0 Å². The third kappa shape index (κ3) is 2.28. The summed E-state index contributed by atoms with van der Waals surface area (Å²) in [5.74, 6) is -6.03. The zero-order valence-corrected chi connectivity index (χ0v) is 8.55. The molecule has 6 nitrogen and oxygen atoms in total. The number of rotatable bonds is 3. The molecule has 0 aliphatic heterocycles. The molecule has 0 saturated carbocycles. The predicted octanol–water partition coefficient (Wildman–Crippen LogP) is 1.72. The zero-order valence-electron chi connectivity index (χ0n) is 8.55. The van der Waals surface area contributed by atoms with Gasteiger partial charge in [-0.05, 0) is 6.07 Å². The second-order valence-electron chi connectivity index (χ2n) is 3.10. The molecule has 1 rings (SSSR count). The maximum Gasteiger partial charge on any atom is 0.283 e. The van der Waals surface area contributed by atoms with Crippen molar-refractivity contribution in [2.24, 2.45) is 5.92 Å². The van der Waals surface area contributed by atoms with Crippen LogP contribution in [-0.2, 0) is 0 Å². The minimum absolute atomic E-state index is 0.231. The van der Waals surface area contributed by atoms with Crippen LogP contribution in [0.15, 0.2) is 12.1 Å². The maximum absolute atomic E-state index is 12.9. The molecule has 1 aromatic carbocycles. The lowest BCUT2D eigenvalue weighted by Gasteiger charge is -2.03. The second kappa shape index (κ2) is 4.97. The van der Waals surface area contributed by atoms with E-state index in [0.717, 1.165) is 0 Å². The van der Waals surface area contributed by atoms with E-state index in [0.29, 0.717) is 6.07 Å². The fraction of sp³-hybridized carbons (Fsp3) is 0.100. The number of nitro benzene ring substituents is 1. The van der Waals surface area contributed by atoms with Gasteiger partial charge in [-0.2, -0.15) is 10.5 Å². The van der Waals surface area contributed by atoms with E-state index in [2.05, 4.69) is 0 Å². The molecule has 0 aliphatic rings. The summed E-state index contributed by atoms with van der Waals surface area (Å²) in [5, 5.41) is 27.5. The molecule has 8 heteroatoms. The monoisotopic (exact) mass is 251 g/mol. The summed E-state index contributed by atoms with van der Waals surface area (Å²) in [6, 6.07) is 3.14. The molecule has 0 spiro atoms. The number of halogens is 2. The Kier molecular flexibility index (Phi) is 3.65. The molecule has 0 saturated heterocycles. The summed E-state index contributed by atoms with van der Waals surface area (Å²) in [6.45, 7) is 0. The van der Waals surface area contributed by atoms with Crippen LogP contribution in [0.4, 0.5) is 14.5 Å². The molecule has 90 valence electrons. The van der Waals surface area contributed by atoms with Crippen LogP contribution in [0.25, 0.3) is 0 Å². The van der Waals surface area contributed by atoms with Gasteiger partial charge in [-0.15, -0.1) is 0 Å². The van der Waals surface area contributed by atoms with E-state index < -0.39 is 39.5 Å². The highest BCUT2D eigenvalue weighted by Crippen LogP contribution is 2.24. The van der Waals surface area contributed by atoms with Gasteiger partial charge in [-0.3, -0.25) is 14.9 Å². The number of hydrogen-bond acceptors (Lipinski definition) is 5. The lowest BCUT2D eigenvalue weighted by molar-refractivity contribution is -0.385. The summed E-state index contributed by atoms with van der Waals surface area (Å²) in [4.78, 5) is 21.0. The van der Waals surface area contributed by atoms with Gasteiger partial charge in [0.05, 0.1) is 23.1 Å². The van der Waals surface area contributed by atoms with E-state index in [-0.39, 0.29) is 6.07 Å². The van der Waals surface area contributed by atoms with Gasteiger partial charge in [-0.1, -0.05) is 0 Å². The Labute approximate surface area is 98.8 Å². The molecule has 18 heavy (non-hydrogen) atoms. The topological polar surface area (TPSA) is 108 Å². The van der Waals surface area contributed by atoms with Crippen molar-refractivity contribution in [1.29, 1.82) is 10.5 Å². The van der Waals surface area contributed by atoms with Crippen molar-refractivity contribution in [1.82, 2.24) is 0 Å². The Morgan fingerprint density at radius 3 is 2.22 bits per heavy atom. The molecule has 1 aromatic rings. The van der Waals surface area contributed by atoms with Crippen LogP contribution < -0.4 is 0 Å². The first-order valence-electron chi connectivity index (χ1n) is 4.39. The van der Waals surface area contributed by atoms with E-state index >= 15 is 0 Å². The highest BCUT2D eigenvalue weighted by Gasteiger charge is 2.29. The van der Waals surface area contributed by atoms with Crippen LogP contribution in [-0.4, -0.2) is 10.7 Å². The Morgan fingerprint density at radius 2 is 1.78 bits per heavy atom. The van der Waals surface area contributed by atoms with Gasteiger partial charge in [0.25, 0.3) is 5.69 Å². The number of nitro groups is 1. The van der Waals surface area contributed by atoms with Crippen molar-refractivity contribution in [3.05, 3.63) is 39.4 Å². The summed E-state index contributed by atoms with van der Waals surface area (Å²) in [5.41, 5.74) is -1.80. The van der Waals surface area contributed by atoms with Crippen LogP contribution in [0.5, 0.6) is 0 Å². The lowest BCUT2D eigenvalue weighted by Crippen LogP contribution is -2.14. The van der Waals surface area contributed by atoms with Gasteiger partial charge >= 0.3 is 0 Å². The van der Waals surface area contributed by atoms with Gasteiger partial charge in [0, 0.05) is 0 Å². The highest BCUT2D eigenvalue weighted by atomic mass is 19.2. The number of nitrogens with zero attached hydrogens (tertiary/aromatic N) is 3. The van der Waals surface area contributed by atoms with E-state index in [9.17, 15) is 23.7 Å². The normalized spacial score (nSPS) is 9.61. The first-order chi connectivity index (χ1) is 8.42. The van der Waals surface area contributed by atoms with Crippen molar-refractivity contribution in [2.75, 3.05) is 0 Å². The van der Waals surface area contributed by atoms with Gasteiger partial charge in [-0.25, -0.2) is 8.78 Å². The fourth-order valence-electron chi connectivity index (χ4n) is 1.19. The Balaban J connectivity index is 3.46. The third-order valence-electron chi connectivity index (χ3n) is 2.02. The number of Topliss-reactive ketones (excluding diaryl/α,β-unsaturated/α-hetero) is 1. The molecule has 0 N–H and O–H groups in total. The summed E-state index contributed by atoms with van der Waals surface area (Å²) < 4.78 is 25.8. The minimum atomic E-state index is -1.81. The van der Waals surface area contributed by atoms with Gasteiger partial charge in [0.2, 0.25) is 5.78 Å². The molecular weight excluding hydrogens is 248 g/mol. The SMILES string of the molecule is N#CC(C#N)C(=O)c1cc(F)c(F)cc1[N+](=O)[O-]. The number of hydrogen-bond donors (Lipinski definition) is 0. The van der Waals surface area contributed by atoms with Crippen molar-refractivity contribution in [3.8, 4) is 12.1 Å².